The van der Waals surface area contributed by atoms with E-state index in [1.807, 2.05) is 54.0 Å². The second kappa shape index (κ2) is 9.56. The lowest BCUT2D eigenvalue weighted by Gasteiger charge is -2.14. The van der Waals surface area contributed by atoms with Gasteiger partial charge in [0, 0.05) is 29.3 Å². The van der Waals surface area contributed by atoms with Crippen molar-refractivity contribution in [3.05, 3.63) is 70.3 Å². The van der Waals surface area contributed by atoms with Crippen molar-refractivity contribution in [3.8, 4) is 11.4 Å². The molecule has 1 N–H and O–H groups in total. The molecule has 1 amide bonds. The van der Waals surface area contributed by atoms with Gasteiger partial charge in [0.2, 0.25) is 5.91 Å². The van der Waals surface area contributed by atoms with Gasteiger partial charge in [0.1, 0.15) is 17.6 Å². The Morgan fingerprint density at radius 3 is 2.79 bits per heavy atom. The number of nitrogens with zero attached hydrogens (tertiary/aromatic N) is 4. The molecule has 3 heterocycles. The Balaban J connectivity index is 1.56. The molecule has 0 bridgehead atoms. The number of benzene rings is 2. The first-order chi connectivity index (χ1) is 16.5. The molecule has 9 heteroatoms. The molecule has 176 valence electrons. The van der Waals surface area contributed by atoms with E-state index in [1.165, 1.54) is 0 Å². The molecule has 34 heavy (non-hydrogen) atoms. The van der Waals surface area contributed by atoms with E-state index >= 15 is 0 Å². The number of hydrogen-bond donors (Lipinski definition) is 1. The van der Waals surface area contributed by atoms with E-state index in [-0.39, 0.29) is 18.4 Å². The summed E-state index contributed by atoms with van der Waals surface area (Å²) in [6, 6.07) is 12.8. The van der Waals surface area contributed by atoms with Crippen molar-refractivity contribution in [2.75, 3.05) is 20.3 Å². The molecule has 2 aromatic carbocycles. The van der Waals surface area contributed by atoms with Gasteiger partial charge in [0.05, 0.1) is 31.0 Å². The van der Waals surface area contributed by atoms with Gasteiger partial charge in [-0.1, -0.05) is 23.7 Å². The van der Waals surface area contributed by atoms with E-state index in [1.54, 1.807) is 7.11 Å². The third kappa shape index (κ3) is 4.43. The summed E-state index contributed by atoms with van der Waals surface area (Å²) >= 11 is 6.15. The Hall–Kier alpha value is -3.23. The smallest absolute Gasteiger partial charge is 0.222 e. The van der Waals surface area contributed by atoms with Crippen molar-refractivity contribution in [1.29, 1.82) is 0 Å². The SMILES string of the molecule is COc1ccc2c(c1)C(c1ccc(Cl)cc1)=N[C@@H](CC(=O)NCC1CCCO1)c1nnc(C)n1-2. The number of aromatic nitrogens is 3. The molecular formula is C25H26ClN5O3. The first-order valence-corrected chi connectivity index (χ1v) is 11.7. The second-order valence-corrected chi connectivity index (χ2v) is 8.90. The first-order valence-electron chi connectivity index (χ1n) is 11.4. The Bertz CT molecular complexity index is 1230. The summed E-state index contributed by atoms with van der Waals surface area (Å²) in [6.07, 6.45) is 2.22. The van der Waals surface area contributed by atoms with E-state index < -0.39 is 6.04 Å². The van der Waals surface area contributed by atoms with Crippen LogP contribution in [0.1, 0.15) is 48.1 Å². The average molecular weight is 480 g/mol. The van der Waals surface area contributed by atoms with E-state index in [9.17, 15) is 4.79 Å². The molecule has 3 aromatic rings. The number of aliphatic imine (C=N–C) groups is 1. The van der Waals surface area contributed by atoms with Crippen LogP contribution in [0.3, 0.4) is 0 Å². The number of carbonyl (C=O) groups is 1. The van der Waals surface area contributed by atoms with Crippen molar-refractivity contribution >= 4 is 23.2 Å². The van der Waals surface area contributed by atoms with Crippen LogP contribution in [0.2, 0.25) is 5.02 Å². The van der Waals surface area contributed by atoms with Crippen LogP contribution >= 0.6 is 11.6 Å². The maximum Gasteiger partial charge on any atom is 0.222 e. The topological polar surface area (TPSA) is 90.6 Å². The summed E-state index contributed by atoms with van der Waals surface area (Å²) in [5.74, 6) is 1.95. The highest BCUT2D eigenvalue weighted by atomic mass is 35.5. The number of rotatable bonds is 6. The van der Waals surface area contributed by atoms with Crippen molar-refractivity contribution in [3.63, 3.8) is 0 Å². The molecule has 0 radical (unpaired) electrons. The fourth-order valence-electron chi connectivity index (χ4n) is 4.46. The van der Waals surface area contributed by atoms with Crippen LogP contribution in [0.4, 0.5) is 0 Å². The minimum atomic E-state index is -0.519. The Kier molecular flexibility index (Phi) is 6.34. The highest BCUT2D eigenvalue weighted by Crippen LogP contribution is 2.34. The summed E-state index contributed by atoms with van der Waals surface area (Å²) in [5, 5.41) is 12.4. The quantitative estimate of drug-likeness (QED) is 0.580. The van der Waals surface area contributed by atoms with Crippen molar-refractivity contribution in [1.82, 2.24) is 20.1 Å². The fraction of sp³-hybridized carbons (Fsp3) is 0.360. The molecule has 8 nitrogen and oxygen atoms in total. The zero-order valence-electron chi connectivity index (χ0n) is 19.1. The maximum absolute atomic E-state index is 12.9. The van der Waals surface area contributed by atoms with Crippen LogP contribution in [0.25, 0.3) is 5.69 Å². The van der Waals surface area contributed by atoms with Gasteiger partial charge in [-0.25, -0.2) is 0 Å². The lowest BCUT2D eigenvalue weighted by molar-refractivity contribution is -0.122. The third-order valence-electron chi connectivity index (χ3n) is 6.18. The number of amides is 1. The largest absolute Gasteiger partial charge is 0.497 e. The van der Waals surface area contributed by atoms with Crippen LogP contribution in [0, 0.1) is 6.92 Å². The molecule has 0 saturated carbocycles. The molecule has 1 unspecified atom stereocenters. The number of halogens is 1. The summed E-state index contributed by atoms with van der Waals surface area (Å²) in [5.41, 5.74) is 3.38. The van der Waals surface area contributed by atoms with Crippen LogP contribution in [0.15, 0.2) is 47.5 Å². The molecule has 2 aliphatic heterocycles. The zero-order valence-corrected chi connectivity index (χ0v) is 19.9. The summed E-state index contributed by atoms with van der Waals surface area (Å²) in [4.78, 5) is 18.0. The normalized spacial score (nSPS) is 19.1. The van der Waals surface area contributed by atoms with Crippen molar-refractivity contribution in [2.45, 2.75) is 38.3 Å². The Morgan fingerprint density at radius 1 is 1.24 bits per heavy atom. The predicted octanol–water partition coefficient (Wildman–Crippen LogP) is 3.82. The lowest BCUT2D eigenvalue weighted by atomic mass is 10.00. The van der Waals surface area contributed by atoms with Gasteiger partial charge >= 0.3 is 0 Å². The summed E-state index contributed by atoms with van der Waals surface area (Å²) in [7, 11) is 1.63. The van der Waals surface area contributed by atoms with E-state index in [2.05, 4.69) is 15.5 Å². The van der Waals surface area contributed by atoms with Gasteiger partial charge in [-0.2, -0.15) is 0 Å². The molecule has 1 aromatic heterocycles. The van der Waals surface area contributed by atoms with Crippen molar-refractivity contribution < 1.29 is 14.3 Å². The third-order valence-corrected chi connectivity index (χ3v) is 6.43. The lowest BCUT2D eigenvalue weighted by Crippen LogP contribution is -2.32. The van der Waals surface area contributed by atoms with E-state index in [4.69, 9.17) is 26.1 Å². The molecule has 1 fully saturated rings. The van der Waals surface area contributed by atoms with Gasteiger partial charge in [-0.3, -0.25) is 14.4 Å². The fourth-order valence-corrected chi connectivity index (χ4v) is 4.58. The number of nitrogens with one attached hydrogen (secondary N) is 1. The first kappa shape index (κ1) is 22.6. The number of aryl methyl sites for hydroxylation is 1. The van der Waals surface area contributed by atoms with Crippen LogP contribution in [0.5, 0.6) is 5.75 Å². The Labute approximate surface area is 203 Å². The van der Waals surface area contributed by atoms with Crippen LogP contribution in [-0.4, -0.2) is 52.7 Å². The molecule has 2 atom stereocenters. The molecule has 1 saturated heterocycles. The predicted molar refractivity (Wildman–Crippen MR) is 129 cm³/mol. The monoisotopic (exact) mass is 479 g/mol. The number of ether oxygens (including phenoxy) is 2. The maximum atomic E-state index is 12.9. The molecular weight excluding hydrogens is 454 g/mol. The van der Waals surface area contributed by atoms with E-state index in [0.29, 0.717) is 23.1 Å². The molecule has 5 rings (SSSR count). The van der Waals surface area contributed by atoms with E-state index in [0.717, 1.165) is 47.8 Å². The van der Waals surface area contributed by atoms with Crippen LogP contribution < -0.4 is 10.1 Å². The van der Waals surface area contributed by atoms with Crippen LogP contribution in [-0.2, 0) is 9.53 Å². The highest BCUT2D eigenvalue weighted by Gasteiger charge is 2.30. The number of fused-ring (bicyclic) bond motifs is 3. The number of hydrogen-bond acceptors (Lipinski definition) is 6. The van der Waals surface area contributed by atoms with Gasteiger partial charge in [-0.15, -0.1) is 10.2 Å². The number of methoxy groups -OCH3 is 1. The zero-order chi connectivity index (χ0) is 23.7. The Morgan fingerprint density at radius 2 is 2.06 bits per heavy atom. The molecule has 2 aliphatic rings. The van der Waals surface area contributed by atoms with Gasteiger partial charge in [0.25, 0.3) is 0 Å². The summed E-state index contributed by atoms with van der Waals surface area (Å²) in [6.45, 7) is 3.15. The average Bonchev–Trinajstić information content (AvgIpc) is 3.48. The molecule has 0 spiro atoms. The van der Waals surface area contributed by atoms with Gasteiger partial charge in [0.15, 0.2) is 5.82 Å². The van der Waals surface area contributed by atoms with Gasteiger partial charge in [-0.05, 0) is 50.1 Å². The minimum absolute atomic E-state index is 0.0776. The van der Waals surface area contributed by atoms with Gasteiger partial charge < -0.3 is 14.8 Å². The second-order valence-electron chi connectivity index (χ2n) is 8.47. The highest BCUT2D eigenvalue weighted by molar-refractivity contribution is 6.30. The number of carbonyl (C=O) groups excluding carboxylic acids is 1. The standard InChI is InChI=1S/C25H26ClN5O3/c1-15-29-30-25-21(13-23(32)27-14-19-4-3-11-34-19)28-24(16-5-7-17(26)8-6-16)20-12-18(33-2)9-10-22(20)31(15)25/h5-10,12,19,21H,3-4,11,13-14H2,1-2H3,(H,27,32)/t19?,21-/m0/s1. The molecule has 0 aliphatic carbocycles. The summed E-state index contributed by atoms with van der Waals surface area (Å²) < 4.78 is 13.1. The van der Waals surface area contributed by atoms with Crippen molar-refractivity contribution in [2.24, 2.45) is 4.99 Å². The minimum Gasteiger partial charge on any atom is -0.497 e.